The van der Waals surface area contributed by atoms with Crippen LogP contribution in [0.3, 0.4) is 0 Å². The van der Waals surface area contributed by atoms with E-state index in [1.54, 1.807) is 18.3 Å². The number of hydrogen-bond donors (Lipinski definition) is 2. The number of aromatic nitrogens is 1. The molecule has 56 valence electrons. The van der Waals surface area contributed by atoms with Crippen LogP contribution < -0.4 is 5.73 Å². The summed E-state index contributed by atoms with van der Waals surface area (Å²) in [6, 6.07) is 3.46. The molecule has 0 radical (unpaired) electrons. The van der Waals surface area contributed by atoms with E-state index in [-0.39, 0.29) is 0 Å². The van der Waals surface area contributed by atoms with Gasteiger partial charge in [-0.2, -0.15) is 12.6 Å². The molecule has 0 fully saturated rings. The van der Waals surface area contributed by atoms with Gasteiger partial charge in [0, 0.05) is 11.9 Å². The van der Waals surface area contributed by atoms with E-state index in [9.17, 15) is 0 Å². The molecule has 0 saturated heterocycles. The van der Waals surface area contributed by atoms with Crippen LogP contribution >= 0.6 is 12.6 Å². The molecule has 1 aromatic rings. The van der Waals surface area contributed by atoms with Crippen molar-refractivity contribution < 1.29 is 0 Å². The van der Waals surface area contributed by atoms with Crippen molar-refractivity contribution in [3.8, 4) is 11.8 Å². The van der Waals surface area contributed by atoms with Crippen LogP contribution in [0.4, 0.5) is 5.69 Å². The number of thiol groups is 1. The smallest absolute Gasteiger partial charge is 0.115 e. The molecule has 0 saturated carbocycles. The van der Waals surface area contributed by atoms with Crippen LogP contribution in [0.25, 0.3) is 0 Å². The molecule has 0 aromatic carbocycles. The zero-order valence-corrected chi connectivity index (χ0v) is 6.81. The molecular weight excluding hydrogens is 156 g/mol. The van der Waals surface area contributed by atoms with Crippen molar-refractivity contribution in [3.05, 3.63) is 24.0 Å². The number of nitrogen functional groups attached to an aromatic ring is 1. The molecule has 11 heavy (non-hydrogen) atoms. The third-order valence-electron chi connectivity index (χ3n) is 1.08. The largest absolute Gasteiger partial charge is 0.399 e. The van der Waals surface area contributed by atoms with E-state index >= 15 is 0 Å². The Morgan fingerprint density at radius 1 is 1.64 bits per heavy atom. The Balaban J connectivity index is 2.87. The molecule has 0 spiro atoms. The van der Waals surface area contributed by atoms with E-state index in [1.165, 1.54) is 0 Å². The third-order valence-corrected chi connectivity index (χ3v) is 1.24. The first kappa shape index (κ1) is 7.96. The Bertz CT molecular complexity index is 298. The Hall–Kier alpha value is -1.14. The lowest BCUT2D eigenvalue weighted by molar-refractivity contribution is 1.29. The van der Waals surface area contributed by atoms with E-state index < -0.39 is 0 Å². The highest BCUT2D eigenvalue weighted by molar-refractivity contribution is 7.80. The van der Waals surface area contributed by atoms with Gasteiger partial charge in [0.1, 0.15) is 5.69 Å². The van der Waals surface area contributed by atoms with Gasteiger partial charge in [-0.05, 0) is 18.1 Å². The quantitative estimate of drug-likeness (QED) is 0.442. The fourth-order valence-corrected chi connectivity index (χ4v) is 0.724. The number of anilines is 1. The standard InChI is InChI=1S/C8H8N2S/c9-7-3-4-10-8(6-7)2-1-5-11/h3-4,6,11H,5H2,(H2,9,10). The summed E-state index contributed by atoms with van der Waals surface area (Å²) in [5.41, 5.74) is 6.88. The second-order valence-electron chi connectivity index (χ2n) is 1.93. The monoisotopic (exact) mass is 164 g/mol. The molecule has 3 heteroatoms. The summed E-state index contributed by atoms with van der Waals surface area (Å²) in [4.78, 5) is 3.99. The zero-order valence-electron chi connectivity index (χ0n) is 5.91. The van der Waals surface area contributed by atoms with Gasteiger partial charge >= 0.3 is 0 Å². The van der Waals surface area contributed by atoms with Crippen LogP contribution in [0.15, 0.2) is 18.3 Å². The number of rotatable bonds is 0. The Kier molecular flexibility index (Phi) is 2.82. The van der Waals surface area contributed by atoms with E-state index in [2.05, 4.69) is 29.5 Å². The summed E-state index contributed by atoms with van der Waals surface area (Å²) >= 11 is 3.94. The van der Waals surface area contributed by atoms with Crippen molar-refractivity contribution in [1.29, 1.82) is 0 Å². The maximum atomic E-state index is 5.50. The zero-order chi connectivity index (χ0) is 8.10. The predicted molar refractivity (Wildman–Crippen MR) is 49.4 cm³/mol. The summed E-state index contributed by atoms with van der Waals surface area (Å²) in [6.07, 6.45) is 1.64. The average molecular weight is 164 g/mol. The number of nitrogens with zero attached hydrogens (tertiary/aromatic N) is 1. The van der Waals surface area contributed by atoms with Gasteiger partial charge in [0.15, 0.2) is 0 Å². The fourth-order valence-electron chi connectivity index (χ4n) is 0.645. The van der Waals surface area contributed by atoms with E-state index in [1.807, 2.05) is 0 Å². The molecular formula is C8H8N2S. The highest BCUT2D eigenvalue weighted by Gasteiger charge is 1.87. The number of hydrogen-bond acceptors (Lipinski definition) is 3. The van der Waals surface area contributed by atoms with Gasteiger partial charge in [-0.3, -0.25) is 0 Å². The van der Waals surface area contributed by atoms with Gasteiger partial charge in [0.2, 0.25) is 0 Å². The van der Waals surface area contributed by atoms with Crippen LogP contribution in [0, 0.1) is 11.8 Å². The molecule has 0 atom stereocenters. The van der Waals surface area contributed by atoms with Crippen molar-refractivity contribution in [3.63, 3.8) is 0 Å². The minimum absolute atomic E-state index is 0.538. The van der Waals surface area contributed by atoms with E-state index in [4.69, 9.17) is 5.73 Å². The summed E-state index contributed by atoms with van der Waals surface area (Å²) in [6.45, 7) is 0. The molecule has 1 heterocycles. The van der Waals surface area contributed by atoms with Crippen molar-refractivity contribution in [2.45, 2.75) is 0 Å². The second-order valence-corrected chi connectivity index (χ2v) is 2.25. The highest BCUT2D eigenvalue weighted by Crippen LogP contribution is 2.00. The van der Waals surface area contributed by atoms with Crippen molar-refractivity contribution in [2.75, 3.05) is 11.5 Å². The third kappa shape index (κ3) is 2.52. The lowest BCUT2D eigenvalue weighted by Crippen LogP contribution is -1.87. The average Bonchev–Trinajstić information content (AvgIpc) is 2.01. The van der Waals surface area contributed by atoms with E-state index in [0.717, 1.165) is 0 Å². The van der Waals surface area contributed by atoms with Crippen molar-refractivity contribution in [2.24, 2.45) is 0 Å². The van der Waals surface area contributed by atoms with Crippen molar-refractivity contribution in [1.82, 2.24) is 4.98 Å². The van der Waals surface area contributed by atoms with Crippen LogP contribution in [0.1, 0.15) is 5.69 Å². The van der Waals surface area contributed by atoms with Gasteiger partial charge in [-0.25, -0.2) is 4.98 Å². The lowest BCUT2D eigenvalue weighted by atomic mass is 10.3. The first-order chi connectivity index (χ1) is 5.33. The topological polar surface area (TPSA) is 38.9 Å². The summed E-state index contributed by atoms with van der Waals surface area (Å²) in [7, 11) is 0. The minimum atomic E-state index is 0.538. The second kappa shape index (κ2) is 3.89. The van der Waals surface area contributed by atoms with Gasteiger partial charge < -0.3 is 5.73 Å². The molecule has 0 aliphatic carbocycles. The normalized spacial score (nSPS) is 8.45. The molecule has 0 bridgehead atoms. The van der Waals surface area contributed by atoms with Crippen LogP contribution in [0.2, 0.25) is 0 Å². The molecule has 1 rings (SSSR count). The SMILES string of the molecule is Nc1ccnc(C#CCS)c1. The Morgan fingerprint density at radius 3 is 3.09 bits per heavy atom. The maximum absolute atomic E-state index is 5.50. The van der Waals surface area contributed by atoms with Gasteiger partial charge in [-0.15, -0.1) is 0 Å². The summed E-state index contributed by atoms with van der Waals surface area (Å²) in [5.74, 6) is 6.14. The van der Waals surface area contributed by atoms with Gasteiger partial charge in [0.25, 0.3) is 0 Å². The summed E-state index contributed by atoms with van der Waals surface area (Å²) < 4.78 is 0. The first-order valence-electron chi connectivity index (χ1n) is 3.14. The van der Waals surface area contributed by atoms with Crippen LogP contribution in [-0.2, 0) is 0 Å². The first-order valence-corrected chi connectivity index (χ1v) is 3.77. The Morgan fingerprint density at radius 2 is 2.45 bits per heavy atom. The van der Waals surface area contributed by atoms with Crippen LogP contribution in [-0.4, -0.2) is 10.7 Å². The molecule has 2 N–H and O–H groups in total. The number of pyridine rings is 1. The highest BCUT2D eigenvalue weighted by atomic mass is 32.1. The minimum Gasteiger partial charge on any atom is -0.399 e. The Labute approximate surface area is 71.2 Å². The van der Waals surface area contributed by atoms with Gasteiger partial charge in [0.05, 0.1) is 5.75 Å². The molecule has 0 aliphatic heterocycles. The number of nitrogens with two attached hydrogens (primary N) is 1. The fraction of sp³-hybridized carbons (Fsp3) is 0.125. The molecule has 0 amide bonds. The summed E-state index contributed by atoms with van der Waals surface area (Å²) in [5, 5.41) is 0. The molecule has 0 unspecified atom stereocenters. The maximum Gasteiger partial charge on any atom is 0.115 e. The van der Waals surface area contributed by atoms with Crippen LogP contribution in [0.5, 0.6) is 0 Å². The predicted octanol–water partition coefficient (Wildman–Crippen LogP) is 0.945. The van der Waals surface area contributed by atoms with Crippen molar-refractivity contribution >= 4 is 18.3 Å². The molecule has 1 aromatic heterocycles. The van der Waals surface area contributed by atoms with Gasteiger partial charge in [-0.1, -0.05) is 5.92 Å². The molecule has 0 aliphatic rings. The molecule has 2 nitrogen and oxygen atoms in total. The van der Waals surface area contributed by atoms with E-state index in [0.29, 0.717) is 17.1 Å². The lowest BCUT2D eigenvalue weighted by Gasteiger charge is -1.90.